The fraction of sp³-hybridized carbons (Fsp3) is 1.00. The van der Waals surface area contributed by atoms with E-state index in [0.717, 1.165) is 11.1 Å². The van der Waals surface area contributed by atoms with E-state index in [4.69, 9.17) is 5.40 Å². The van der Waals surface area contributed by atoms with Crippen LogP contribution in [0.2, 0.25) is 16.7 Å². The third kappa shape index (κ3) is 3.87. The molecule has 12 heavy (non-hydrogen) atoms. The summed E-state index contributed by atoms with van der Waals surface area (Å²) in [6.45, 7) is 9.52. The molecule has 1 nitrogen and oxygen atoms in total. The molecule has 0 saturated heterocycles. The van der Waals surface area contributed by atoms with Crippen LogP contribution in [-0.2, 0) is 0 Å². The summed E-state index contributed by atoms with van der Waals surface area (Å²) in [5, 5.41) is 5.79. The third-order valence-electron chi connectivity index (χ3n) is 3.25. The zero-order valence-corrected chi connectivity index (χ0v) is 11.7. The summed E-state index contributed by atoms with van der Waals surface area (Å²) in [5.41, 5.74) is 3.50. The van der Waals surface area contributed by atoms with Gasteiger partial charge < -0.3 is 5.40 Å². The molecule has 0 aliphatic heterocycles. The van der Waals surface area contributed by atoms with Gasteiger partial charge in [-0.05, 0) is 0 Å². The first kappa shape index (κ1) is 12.4. The molecule has 0 spiro atoms. The Hall–Kier alpha value is 0.394. The van der Waals surface area contributed by atoms with Gasteiger partial charge in [-0.15, -0.1) is 0 Å². The van der Waals surface area contributed by atoms with Crippen molar-refractivity contribution in [3.63, 3.8) is 0 Å². The van der Waals surface area contributed by atoms with Gasteiger partial charge in [0.15, 0.2) is 0 Å². The zero-order valence-electron chi connectivity index (χ0n) is 9.14. The van der Waals surface area contributed by atoms with E-state index in [1.807, 2.05) is 0 Å². The average Bonchev–Trinajstić information content (AvgIpc) is 2.11. The van der Waals surface area contributed by atoms with Gasteiger partial charge in [0.2, 0.25) is 0 Å². The van der Waals surface area contributed by atoms with Crippen LogP contribution >= 0.6 is 0 Å². The highest BCUT2D eigenvalue weighted by atomic mass is 28.3. The van der Waals surface area contributed by atoms with Crippen LogP contribution in [0.4, 0.5) is 0 Å². The highest BCUT2D eigenvalue weighted by Crippen LogP contribution is 2.28. The molecule has 2 unspecified atom stereocenters. The van der Waals surface area contributed by atoms with Crippen LogP contribution in [0.25, 0.3) is 0 Å². The van der Waals surface area contributed by atoms with Gasteiger partial charge in [0.1, 0.15) is 0 Å². The number of nitrogens with two attached hydrogens (primary N) is 1. The predicted molar refractivity (Wildman–Crippen MR) is 64.1 cm³/mol. The topological polar surface area (TPSA) is 26.0 Å². The van der Waals surface area contributed by atoms with E-state index in [-0.39, 0.29) is 9.68 Å². The summed E-state index contributed by atoms with van der Waals surface area (Å²) in [5.74, 6) is 0. The van der Waals surface area contributed by atoms with Crippen LogP contribution in [0, 0.1) is 0 Å². The predicted octanol–water partition coefficient (Wildman–Crippen LogP) is 1.81. The minimum Gasteiger partial charge on any atom is -0.356 e. The van der Waals surface area contributed by atoms with E-state index in [0.29, 0.717) is 0 Å². The molecule has 0 aliphatic rings. The second-order valence-corrected chi connectivity index (χ2v) is 10.5. The molecule has 0 amide bonds. The van der Waals surface area contributed by atoms with E-state index in [1.54, 1.807) is 0 Å². The first-order chi connectivity index (χ1) is 5.67. The maximum Gasteiger partial charge on any atom is 0.0858 e. The van der Waals surface area contributed by atoms with Crippen LogP contribution in [0.3, 0.4) is 0 Å². The van der Waals surface area contributed by atoms with Crippen molar-refractivity contribution in [1.82, 2.24) is 0 Å². The first-order valence-electron chi connectivity index (χ1n) is 5.37. The maximum atomic E-state index is 5.79. The van der Waals surface area contributed by atoms with E-state index >= 15 is 0 Å². The molecule has 0 aromatic rings. The Morgan fingerprint density at radius 2 is 1.58 bits per heavy atom. The molecule has 0 rings (SSSR count). The largest absolute Gasteiger partial charge is 0.356 e. The Bertz CT molecular complexity index is 98.7. The van der Waals surface area contributed by atoms with Gasteiger partial charge in [-0.25, -0.2) is 0 Å². The fourth-order valence-electron chi connectivity index (χ4n) is 1.93. The van der Waals surface area contributed by atoms with Crippen molar-refractivity contribution in [3.8, 4) is 0 Å². The van der Waals surface area contributed by atoms with Crippen molar-refractivity contribution in [2.75, 3.05) is 0 Å². The summed E-state index contributed by atoms with van der Waals surface area (Å²) in [6, 6.07) is 0. The summed E-state index contributed by atoms with van der Waals surface area (Å²) in [4.78, 5) is 0. The Morgan fingerprint density at radius 1 is 1.17 bits per heavy atom. The van der Waals surface area contributed by atoms with E-state index < -0.39 is 8.80 Å². The molecule has 0 bridgehead atoms. The first-order valence-corrected chi connectivity index (χ1v) is 9.33. The van der Waals surface area contributed by atoms with Gasteiger partial charge in [-0.2, -0.15) is 0 Å². The Morgan fingerprint density at radius 3 is 1.83 bits per heavy atom. The van der Waals surface area contributed by atoms with Crippen molar-refractivity contribution < 1.29 is 0 Å². The van der Waals surface area contributed by atoms with Crippen LogP contribution < -0.4 is 5.40 Å². The van der Waals surface area contributed by atoms with Gasteiger partial charge in [0.25, 0.3) is 0 Å². The summed E-state index contributed by atoms with van der Waals surface area (Å²) in [7, 11) is -0.661. The van der Waals surface area contributed by atoms with Gasteiger partial charge in [0.05, 0.1) is 9.68 Å². The molecule has 2 N–H and O–H groups in total. The molecule has 3 heteroatoms. The average molecular weight is 203 g/mol. The highest BCUT2D eigenvalue weighted by Gasteiger charge is 2.21. The second kappa shape index (κ2) is 6.86. The van der Waals surface area contributed by atoms with Crippen LogP contribution in [0.1, 0.15) is 40.5 Å². The summed E-state index contributed by atoms with van der Waals surface area (Å²) in [6.07, 6.45) is 2.74. The lowest BCUT2D eigenvalue weighted by Crippen LogP contribution is -2.28. The van der Waals surface area contributed by atoms with Gasteiger partial charge in [0, 0.05) is 8.80 Å². The molecule has 0 aliphatic carbocycles. The van der Waals surface area contributed by atoms with Crippen molar-refractivity contribution in [2.45, 2.75) is 57.3 Å². The normalized spacial score (nSPS) is 19.8. The minimum absolute atomic E-state index is 0.176. The summed E-state index contributed by atoms with van der Waals surface area (Å²) < 4.78 is 0. The maximum absolute atomic E-state index is 5.79. The van der Waals surface area contributed by atoms with Gasteiger partial charge in [-0.3, -0.25) is 0 Å². The molecular formula is C9H25NSi2. The molecular weight excluding hydrogens is 178 g/mol. The standard InChI is InChI=1S/C9H25NSi2/c1-5-8(3)12(7-11-10)9(4)6-2/h8-9,12H,5-7,10-11H2,1-4H3. The number of rotatable bonds is 6. The van der Waals surface area contributed by atoms with Gasteiger partial charge >= 0.3 is 0 Å². The second-order valence-electron chi connectivity index (χ2n) is 4.01. The Balaban J connectivity index is 4.01. The molecule has 74 valence electrons. The molecule has 0 aromatic carbocycles. The lowest BCUT2D eigenvalue weighted by molar-refractivity contribution is 0.781. The Labute approximate surface area is 81.6 Å². The van der Waals surface area contributed by atoms with Crippen molar-refractivity contribution in [1.29, 1.82) is 0 Å². The lowest BCUT2D eigenvalue weighted by atomic mass is 10.3. The highest BCUT2D eigenvalue weighted by molar-refractivity contribution is 6.71. The smallest absolute Gasteiger partial charge is 0.0858 e. The minimum atomic E-state index is -0.485. The fourth-order valence-corrected chi connectivity index (χ4v) is 10.4. The molecule has 2 atom stereocenters. The zero-order chi connectivity index (χ0) is 9.56. The molecule has 0 aromatic heterocycles. The van der Waals surface area contributed by atoms with Crippen LogP contribution in [-0.4, -0.2) is 18.5 Å². The summed E-state index contributed by atoms with van der Waals surface area (Å²) >= 11 is 0. The number of hydrogen-bond donors (Lipinski definition) is 1. The van der Waals surface area contributed by atoms with E-state index in [1.165, 1.54) is 18.5 Å². The molecule has 0 heterocycles. The van der Waals surface area contributed by atoms with E-state index in [2.05, 4.69) is 27.7 Å². The Kier molecular flexibility index (Phi) is 7.09. The quantitative estimate of drug-likeness (QED) is 0.655. The monoisotopic (exact) mass is 203 g/mol. The third-order valence-corrected chi connectivity index (χ3v) is 11.1. The van der Waals surface area contributed by atoms with Crippen LogP contribution in [0.5, 0.6) is 0 Å². The SMILES string of the molecule is CCC(C)[SiH](C[SiH2]N)C(C)CC. The lowest BCUT2D eigenvalue weighted by Gasteiger charge is -2.26. The number of hydrogen-bond acceptors (Lipinski definition) is 1. The van der Waals surface area contributed by atoms with Gasteiger partial charge in [-0.1, -0.05) is 57.3 Å². The van der Waals surface area contributed by atoms with Crippen molar-refractivity contribution in [2.24, 2.45) is 5.40 Å². The van der Waals surface area contributed by atoms with Crippen molar-refractivity contribution in [3.05, 3.63) is 0 Å². The van der Waals surface area contributed by atoms with Crippen LogP contribution in [0.15, 0.2) is 0 Å². The van der Waals surface area contributed by atoms with E-state index in [9.17, 15) is 0 Å². The molecule has 0 fully saturated rings. The molecule has 0 radical (unpaired) electrons. The van der Waals surface area contributed by atoms with Crippen molar-refractivity contribution >= 4 is 18.5 Å². The molecule has 0 saturated carbocycles.